The molecule has 4 aromatic rings. The molecule has 0 atom stereocenters. The Morgan fingerprint density at radius 2 is 0.900 bits per heavy atom. The van der Waals surface area contributed by atoms with Crippen LogP contribution in [0.5, 0.6) is 0 Å². The number of hydrogen-bond donors (Lipinski definition) is 1. The Bertz CT molecular complexity index is 1050. The third kappa shape index (κ3) is 5.87. The normalized spacial score (nSPS) is 10.9. The lowest BCUT2D eigenvalue weighted by atomic mass is 10.2. The van der Waals surface area contributed by atoms with Gasteiger partial charge in [-0.25, -0.2) is 13.3 Å². The molecule has 1 N–H and O–H groups in total. The number of hydrogen-bond acceptors (Lipinski definition) is 3. The van der Waals surface area contributed by atoms with Gasteiger partial charge in [-0.2, -0.15) is 0 Å². The van der Waals surface area contributed by atoms with E-state index in [1.165, 1.54) is 34.1 Å². The Labute approximate surface area is 177 Å². The lowest BCUT2D eigenvalue weighted by Crippen LogP contribution is -2.96. The predicted molar refractivity (Wildman–Crippen MR) is 118 cm³/mol. The van der Waals surface area contributed by atoms with Crippen molar-refractivity contribution in [2.75, 3.05) is 0 Å². The van der Waals surface area contributed by atoms with E-state index in [9.17, 15) is 13.0 Å². The summed E-state index contributed by atoms with van der Waals surface area (Å²) >= 11 is 0. The van der Waals surface area contributed by atoms with Crippen LogP contribution in [0.25, 0.3) is 0 Å². The van der Waals surface area contributed by atoms with Crippen molar-refractivity contribution in [2.24, 2.45) is 0 Å². The number of para-hydroxylation sites is 3. The van der Waals surface area contributed by atoms with E-state index in [-0.39, 0.29) is 4.90 Å². The minimum atomic E-state index is -4.27. The molecule has 0 fully saturated rings. The molecule has 0 unspecified atom stereocenters. The van der Waals surface area contributed by atoms with Gasteiger partial charge >= 0.3 is 0 Å². The molecule has 0 saturated carbocycles. The van der Waals surface area contributed by atoms with Crippen LogP contribution < -0.4 is 4.90 Å². The summed E-state index contributed by atoms with van der Waals surface area (Å²) in [4.78, 5) is 1.10. The molecule has 0 amide bonds. The average molecular weight is 418 g/mol. The molecule has 4 nitrogen and oxygen atoms in total. The van der Waals surface area contributed by atoms with Gasteiger partial charge in [-0.05, 0) is 55.5 Å². The first-order valence-corrected chi connectivity index (χ1v) is 10.9. The largest absolute Gasteiger partial charge is 0.744 e. The maximum Gasteiger partial charge on any atom is 0.141 e. The predicted octanol–water partition coefficient (Wildman–Crippen LogP) is 4.77. The third-order valence-electron chi connectivity index (χ3n) is 4.50. The molecule has 0 heterocycles. The van der Waals surface area contributed by atoms with E-state index in [1.54, 1.807) is 12.1 Å². The fourth-order valence-corrected chi connectivity index (χ4v) is 3.49. The topological polar surface area (TPSA) is 61.6 Å². The van der Waals surface area contributed by atoms with Gasteiger partial charge in [-0.3, -0.25) is 0 Å². The molecule has 4 aromatic carbocycles. The van der Waals surface area contributed by atoms with Gasteiger partial charge in [0.1, 0.15) is 27.2 Å². The van der Waals surface area contributed by atoms with E-state index in [4.69, 9.17) is 0 Å². The summed E-state index contributed by atoms with van der Waals surface area (Å²) in [7, 11) is -4.27. The summed E-state index contributed by atoms with van der Waals surface area (Å²) < 4.78 is 31.2. The zero-order valence-corrected chi connectivity index (χ0v) is 17.4. The Hall–Kier alpha value is -3.25. The molecule has 0 aliphatic carbocycles. The quantitative estimate of drug-likeness (QED) is 0.487. The van der Waals surface area contributed by atoms with Crippen LogP contribution in [-0.2, 0) is 10.1 Å². The number of nitrogens with one attached hydrogen (secondary N) is 1. The van der Waals surface area contributed by atoms with E-state index in [2.05, 4.69) is 91.0 Å². The molecule has 5 heteroatoms. The lowest BCUT2D eigenvalue weighted by molar-refractivity contribution is -0.681. The highest BCUT2D eigenvalue weighted by Gasteiger charge is 2.17. The van der Waals surface area contributed by atoms with Crippen LogP contribution >= 0.6 is 0 Å². The molecule has 0 aliphatic rings. The van der Waals surface area contributed by atoms with Crippen molar-refractivity contribution in [1.82, 2.24) is 0 Å². The van der Waals surface area contributed by atoms with Crippen LogP contribution in [0.15, 0.2) is 120 Å². The molecular weight excluding hydrogens is 394 g/mol. The molecule has 0 spiro atoms. The van der Waals surface area contributed by atoms with Crippen molar-refractivity contribution >= 4 is 27.2 Å². The second kappa shape index (κ2) is 9.98. The molecular formula is C25H23NO3S. The highest BCUT2D eigenvalue weighted by Crippen LogP contribution is 2.14. The van der Waals surface area contributed by atoms with Crippen LogP contribution in [0.2, 0.25) is 0 Å². The summed E-state index contributed by atoms with van der Waals surface area (Å²) in [5.74, 6) is 0. The molecule has 0 aromatic heterocycles. The smallest absolute Gasteiger partial charge is 0.141 e. The second-order valence-corrected chi connectivity index (χ2v) is 8.12. The third-order valence-corrected chi connectivity index (χ3v) is 5.35. The van der Waals surface area contributed by atoms with E-state index in [0.717, 1.165) is 5.56 Å². The standard InChI is InChI=1S/C18H15N.C7H8O3S/c1-4-10-16(11-5-1)19(17-12-6-2-7-13-17)18-14-8-3-9-15-18;1-6-2-4-7(5-3-6)11(8,9)10/h1-15H;2-5H,1H3,(H,8,9,10). The summed E-state index contributed by atoms with van der Waals surface area (Å²) in [6.07, 6.45) is 0. The van der Waals surface area contributed by atoms with E-state index < -0.39 is 10.1 Å². The first-order chi connectivity index (χ1) is 14.4. The highest BCUT2D eigenvalue weighted by molar-refractivity contribution is 7.85. The minimum absolute atomic E-state index is 0.178. The van der Waals surface area contributed by atoms with E-state index in [1.807, 2.05) is 6.92 Å². The van der Waals surface area contributed by atoms with Crippen molar-refractivity contribution in [3.63, 3.8) is 0 Å². The van der Waals surface area contributed by atoms with Gasteiger partial charge in [0, 0.05) is 0 Å². The van der Waals surface area contributed by atoms with Crippen molar-refractivity contribution < 1.29 is 17.9 Å². The number of aryl methyl sites for hydroxylation is 1. The first kappa shape index (κ1) is 21.5. The Morgan fingerprint density at radius 3 is 1.20 bits per heavy atom. The van der Waals surface area contributed by atoms with Crippen LogP contribution in [0.4, 0.5) is 17.1 Å². The van der Waals surface area contributed by atoms with Crippen LogP contribution in [0.1, 0.15) is 5.56 Å². The van der Waals surface area contributed by atoms with Gasteiger partial charge in [0.2, 0.25) is 0 Å². The van der Waals surface area contributed by atoms with Crippen molar-refractivity contribution in [3.8, 4) is 0 Å². The minimum Gasteiger partial charge on any atom is -0.744 e. The van der Waals surface area contributed by atoms with Gasteiger partial charge < -0.3 is 4.55 Å². The molecule has 152 valence electrons. The van der Waals surface area contributed by atoms with E-state index >= 15 is 0 Å². The zero-order valence-electron chi connectivity index (χ0n) is 16.6. The van der Waals surface area contributed by atoms with Crippen LogP contribution in [0, 0.1) is 6.92 Å². The van der Waals surface area contributed by atoms with Gasteiger partial charge in [0.05, 0.1) is 4.90 Å². The maximum absolute atomic E-state index is 10.4. The number of benzene rings is 4. The van der Waals surface area contributed by atoms with Gasteiger partial charge in [0.25, 0.3) is 0 Å². The van der Waals surface area contributed by atoms with E-state index in [0.29, 0.717) is 0 Å². The Morgan fingerprint density at radius 1 is 0.567 bits per heavy atom. The molecule has 0 aliphatic heterocycles. The molecule has 0 radical (unpaired) electrons. The van der Waals surface area contributed by atoms with Crippen LogP contribution in [0.3, 0.4) is 0 Å². The zero-order chi connectivity index (χ0) is 21.4. The van der Waals surface area contributed by atoms with Crippen LogP contribution in [-0.4, -0.2) is 13.0 Å². The number of quaternary nitrogens is 1. The summed E-state index contributed by atoms with van der Waals surface area (Å²) in [6, 6.07) is 37.4. The van der Waals surface area contributed by atoms with Gasteiger partial charge in [-0.1, -0.05) is 72.3 Å². The molecule has 0 saturated heterocycles. The summed E-state index contributed by atoms with van der Waals surface area (Å²) in [6.45, 7) is 1.82. The molecule has 30 heavy (non-hydrogen) atoms. The fraction of sp³-hybridized carbons (Fsp3) is 0.0400. The molecule has 4 rings (SSSR count). The molecule has 0 bridgehead atoms. The Kier molecular flexibility index (Phi) is 7.14. The van der Waals surface area contributed by atoms with Crippen molar-refractivity contribution in [1.29, 1.82) is 0 Å². The van der Waals surface area contributed by atoms with Crippen molar-refractivity contribution in [3.05, 3.63) is 121 Å². The highest BCUT2D eigenvalue weighted by atomic mass is 32.2. The maximum atomic E-state index is 10.4. The second-order valence-electron chi connectivity index (χ2n) is 6.74. The Balaban J connectivity index is 0.000000199. The fourth-order valence-electron chi connectivity index (χ4n) is 3.02. The average Bonchev–Trinajstić information content (AvgIpc) is 2.76. The first-order valence-electron chi connectivity index (χ1n) is 9.51. The van der Waals surface area contributed by atoms with Gasteiger partial charge in [0.15, 0.2) is 0 Å². The van der Waals surface area contributed by atoms with Crippen molar-refractivity contribution in [2.45, 2.75) is 11.8 Å². The monoisotopic (exact) mass is 417 g/mol. The van der Waals surface area contributed by atoms with Gasteiger partial charge in [-0.15, -0.1) is 0 Å². The summed E-state index contributed by atoms with van der Waals surface area (Å²) in [5.41, 5.74) is 4.68. The lowest BCUT2D eigenvalue weighted by Gasteiger charge is -2.18. The number of rotatable bonds is 4. The SMILES string of the molecule is Cc1ccc(S(=O)(=O)[O-])cc1.c1ccc([NH+](c2ccccc2)c2ccccc2)cc1. The summed E-state index contributed by atoms with van der Waals surface area (Å²) in [5, 5.41) is 0.